The normalized spacial score (nSPS) is 16.8. The standard InChI is InChI=1S/C20H22N4O3/c25-13-18-22-17-9-4-10-21-19(17)24(18)12-16-8-5-11-23(16)20(26)27-14-15-6-2-1-3-7-15/h1-4,6-7,9-10,16,25H,5,8,11-14H2/t16-/m1/s1. The van der Waals surface area contributed by atoms with Gasteiger partial charge in [-0.25, -0.2) is 14.8 Å². The summed E-state index contributed by atoms with van der Waals surface area (Å²) in [6, 6.07) is 13.4. The molecule has 2 aromatic heterocycles. The van der Waals surface area contributed by atoms with E-state index in [1.165, 1.54) is 0 Å². The lowest BCUT2D eigenvalue weighted by molar-refractivity contribution is 0.0893. The lowest BCUT2D eigenvalue weighted by Gasteiger charge is -2.25. The molecule has 1 fully saturated rings. The molecule has 0 radical (unpaired) electrons. The van der Waals surface area contributed by atoms with Gasteiger partial charge < -0.3 is 19.3 Å². The minimum absolute atomic E-state index is 0.00187. The third-order valence-corrected chi connectivity index (χ3v) is 4.93. The highest BCUT2D eigenvalue weighted by Crippen LogP contribution is 2.23. The monoisotopic (exact) mass is 366 g/mol. The molecule has 140 valence electrons. The Morgan fingerprint density at radius 2 is 2.07 bits per heavy atom. The second kappa shape index (κ2) is 7.75. The number of carbonyl (C=O) groups excluding carboxylic acids is 1. The van der Waals surface area contributed by atoms with Crippen LogP contribution in [0.15, 0.2) is 48.7 Å². The Morgan fingerprint density at radius 1 is 1.22 bits per heavy atom. The molecule has 7 heteroatoms. The van der Waals surface area contributed by atoms with E-state index < -0.39 is 0 Å². The zero-order chi connectivity index (χ0) is 18.6. The number of pyridine rings is 1. The second-order valence-corrected chi connectivity index (χ2v) is 6.67. The highest BCUT2D eigenvalue weighted by molar-refractivity contribution is 5.71. The minimum atomic E-state index is -0.302. The Labute approximate surface area is 157 Å². The van der Waals surface area contributed by atoms with Crippen LogP contribution in [0, 0.1) is 0 Å². The molecule has 4 rings (SSSR count). The highest BCUT2D eigenvalue weighted by atomic mass is 16.6. The number of carbonyl (C=O) groups is 1. The number of rotatable bonds is 5. The fourth-order valence-electron chi connectivity index (χ4n) is 3.60. The number of aliphatic hydroxyl groups is 1. The zero-order valence-corrected chi connectivity index (χ0v) is 15.0. The molecule has 1 saturated heterocycles. The first-order valence-electron chi connectivity index (χ1n) is 9.14. The highest BCUT2D eigenvalue weighted by Gasteiger charge is 2.31. The molecule has 7 nitrogen and oxygen atoms in total. The van der Waals surface area contributed by atoms with Gasteiger partial charge in [0.25, 0.3) is 0 Å². The van der Waals surface area contributed by atoms with Crippen LogP contribution in [-0.4, -0.2) is 43.2 Å². The topological polar surface area (TPSA) is 80.5 Å². The molecule has 0 bridgehead atoms. The average Bonchev–Trinajstić information content (AvgIpc) is 3.32. The summed E-state index contributed by atoms with van der Waals surface area (Å²) in [6.07, 6.45) is 3.23. The van der Waals surface area contributed by atoms with E-state index in [1.807, 2.05) is 47.0 Å². The van der Waals surface area contributed by atoms with Crippen LogP contribution in [0.2, 0.25) is 0 Å². The maximum absolute atomic E-state index is 12.6. The summed E-state index contributed by atoms with van der Waals surface area (Å²) in [5.74, 6) is 0.563. The molecule has 0 aliphatic carbocycles. The van der Waals surface area contributed by atoms with Crippen LogP contribution in [0.3, 0.4) is 0 Å². The van der Waals surface area contributed by atoms with Gasteiger partial charge in [-0.1, -0.05) is 30.3 Å². The minimum Gasteiger partial charge on any atom is -0.445 e. The molecular formula is C20H22N4O3. The van der Waals surface area contributed by atoms with Gasteiger partial charge in [-0.3, -0.25) is 0 Å². The van der Waals surface area contributed by atoms with E-state index >= 15 is 0 Å². The summed E-state index contributed by atoms with van der Waals surface area (Å²) < 4.78 is 7.41. The van der Waals surface area contributed by atoms with Crippen molar-refractivity contribution in [1.82, 2.24) is 19.4 Å². The Balaban J connectivity index is 1.48. The van der Waals surface area contributed by atoms with Crippen molar-refractivity contribution in [1.29, 1.82) is 0 Å². The lowest BCUT2D eigenvalue weighted by atomic mass is 10.2. The van der Waals surface area contributed by atoms with Crippen LogP contribution in [0.25, 0.3) is 11.2 Å². The van der Waals surface area contributed by atoms with Crippen molar-refractivity contribution in [3.05, 3.63) is 60.0 Å². The van der Waals surface area contributed by atoms with E-state index in [2.05, 4.69) is 9.97 Å². The average molecular weight is 366 g/mol. The maximum atomic E-state index is 12.6. The zero-order valence-electron chi connectivity index (χ0n) is 15.0. The number of nitrogens with zero attached hydrogens (tertiary/aromatic N) is 4. The van der Waals surface area contributed by atoms with Gasteiger partial charge in [0, 0.05) is 19.3 Å². The predicted octanol–water partition coefficient (Wildman–Crippen LogP) is 2.72. The number of aliphatic hydroxyl groups excluding tert-OH is 1. The molecule has 1 aliphatic rings. The number of benzene rings is 1. The van der Waals surface area contributed by atoms with Crippen LogP contribution in [0.1, 0.15) is 24.2 Å². The summed E-state index contributed by atoms with van der Waals surface area (Å²) in [5, 5.41) is 9.66. The molecule has 27 heavy (non-hydrogen) atoms. The van der Waals surface area contributed by atoms with Crippen LogP contribution < -0.4 is 0 Å². The first kappa shape index (κ1) is 17.5. The van der Waals surface area contributed by atoms with Crippen LogP contribution in [0.4, 0.5) is 4.79 Å². The molecule has 3 heterocycles. The third-order valence-electron chi connectivity index (χ3n) is 4.93. The first-order valence-corrected chi connectivity index (χ1v) is 9.14. The quantitative estimate of drug-likeness (QED) is 0.751. The number of imidazole rings is 1. The van der Waals surface area contributed by atoms with E-state index in [1.54, 1.807) is 11.1 Å². The van der Waals surface area contributed by atoms with E-state index in [4.69, 9.17) is 4.74 Å². The van der Waals surface area contributed by atoms with Crippen molar-refractivity contribution in [2.24, 2.45) is 0 Å². The van der Waals surface area contributed by atoms with Gasteiger partial charge in [-0.15, -0.1) is 0 Å². The molecular weight excluding hydrogens is 344 g/mol. The van der Waals surface area contributed by atoms with Crippen molar-refractivity contribution >= 4 is 17.3 Å². The lowest BCUT2D eigenvalue weighted by Crippen LogP contribution is -2.38. The smallest absolute Gasteiger partial charge is 0.410 e. The number of amides is 1. The first-order chi connectivity index (χ1) is 13.3. The number of aromatic nitrogens is 3. The molecule has 1 aromatic carbocycles. The van der Waals surface area contributed by atoms with Crippen molar-refractivity contribution in [2.45, 2.75) is 38.6 Å². The summed E-state index contributed by atoms with van der Waals surface area (Å²) >= 11 is 0. The third kappa shape index (κ3) is 3.64. The van der Waals surface area contributed by atoms with Crippen molar-refractivity contribution < 1.29 is 14.6 Å². The molecule has 1 atom stereocenters. The SMILES string of the molecule is O=C(OCc1ccccc1)N1CCC[C@@H]1Cn1c(CO)nc2cccnc21. The van der Waals surface area contributed by atoms with E-state index in [-0.39, 0.29) is 25.3 Å². The number of ether oxygens (including phenoxy) is 1. The van der Waals surface area contributed by atoms with E-state index in [0.717, 1.165) is 29.6 Å². The number of hydrogen-bond donors (Lipinski definition) is 1. The van der Waals surface area contributed by atoms with Gasteiger partial charge in [0.1, 0.15) is 24.6 Å². The second-order valence-electron chi connectivity index (χ2n) is 6.67. The summed E-state index contributed by atoms with van der Waals surface area (Å²) in [5.41, 5.74) is 2.44. The van der Waals surface area contributed by atoms with Gasteiger partial charge >= 0.3 is 6.09 Å². The molecule has 0 saturated carbocycles. The summed E-state index contributed by atoms with van der Waals surface area (Å²) in [7, 11) is 0. The van der Waals surface area contributed by atoms with Gasteiger partial charge in [0.05, 0.1) is 6.04 Å². The number of fused-ring (bicyclic) bond motifs is 1. The fraction of sp³-hybridized carbons (Fsp3) is 0.350. The summed E-state index contributed by atoms with van der Waals surface area (Å²) in [6.45, 7) is 1.32. The van der Waals surface area contributed by atoms with Crippen molar-refractivity contribution in [2.75, 3.05) is 6.54 Å². The predicted molar refractivity (Wildman–Crippen MR) is 99.8 cm³/mol. The van der Waals surface area contributed by atoms with Crippen LogP contribution in [0.5, 0.6) is 0 Å². The largest absolute Gasteiger partial charge is 0.445 e. The van der Waals surface area contributed by atoms with Crippen molar-refractivity contribution in [3.63, 3.8) is 0 Å². The van der Waals surface area contributed by atoms with Gasteiger partial charge in [0.15, 0.2) is 5.65 Å². The van der Waals surface area contributed by atoms with Crippen LogP contribution in [-0.2, 0) is 24.5 Å². The fourth-order valence-corrected chi connectivity index (χ4v) is 3.60. The van der Waals surface area contributed by atoms with Gasteiger partial charge in [-0.2, -0.15) is 0 Å². The van der Waals surface area contributed by atoms with E-state index in [9.17, 15) is 9.90 Å². The molecule has 0 spiro atoms. The van der Waals surface area contributed by atoms with Crippen molar-refractivity contribution in [3.8, 4) is 0 Å². The Bertz CT molecular complexity index is 925. The molecule has 1 N–H and O–H groups in total. The maximum Gasteiger partial charge on any atom is 0.410 e. The van der Waals surface area contributed by atoms with Crippen LogP contribution >= 0.6 is 0 Å². The molecule has 1 aliphatic heterocycles. The number of hydrogen-bond acceptors (Lipinski definition) is 5. The van der Waals surface area contributed by atoms with Gasteiger partial charge in [0.2, 0.25) is 0 Å². The summed E-state index contributed by atoms with van der Waals surface area (Å²) in [4.78, 5) is 23.2. The number of likely N-dealkylation sites (tertiary alicyclic amines) is 1. The molecule has 3 aromatic rings. The Kier molecular flexibility index (Phi) is 5.02. The van der Waals surface area contributed by atoms with E-state index in [0.29, 0.717) is 18.9 Å². The molecule has 1 amide bonds. The Hall–Kier alpha value is -2.93. The molecule has 0 unspecified atom stereocenters. The van der Waals surface area contributed by atoms with Gasteiger partial charge in [-0.05, 0) is 30.5 Å². The Morgan fingerprint density at radius 3 is 2.89 bits per heavy atom.